The van der Waals surface area contributed by atoms with E-state index in [1.54, 1.807) is 0 Å². The molecule has 1 aliphatic rings. The molecule has 0 N–H and O–H groups in total. The number of rotatable bonds is 5. The van der Waals surface area contributed by atoms with Crippen LogP contribution in [0.1, 0.15) is 17.2 Å². The lowest BCUT2D eigenvalue weighted by molar-refractivity contribution is 0.780. The summed E-state index contributed by atoms with van der Waals surface area (Å²) in [6.07, 6.45) is 0. The molecule has 0 aliphatic carbocycles. The van der Waals surface area contributed by atoms with Crippen LogP contribution < -0.4 is 4.90 Å². The first-order valence-electron chi connectivity index (χ1n) is 14.5. The molecule has 2 heterocycles. The predicted molar refractivity (Wildman–Crippen MR) is 176 cm³/mol. The van der Waals surface area contributed by atoms with Gasteiger partial charge in [-0.25, -0.2) is 0 Å². The molecule has 3 heteroatoms. The molecule has 0 bridgehead atoms. The van der Waals surface area contributed by atoms with Crippen molar-refractivity contribution in [3.63, 3.8) is 0 Å². The lowest BCUT2D eigenvalue weighted by atomic mass is 10.0. The van der Waals surface area contributed by atoms with E-state index in [0.717, 1.165) is 17.9 Å². The number of nitrogens with zero attached hydrogens (tertiary/aromatic N) is 3. The molecule has 200 valence electrons. The first kappa shape index (κ1) is 24.4. The number of amidine groups is 1. The van der Waals surface area contributed by atoms with E-state index >= 15 is 0 Å². The monoisotopic (exact) mass is 539 g/mol. The van der Waals surface area contributed by atoms with Gasteiger partial charge < -0.3 is 9.47 Å². The molecule has 0 spiro atoms. The Bertz CT molecular complexity index is 2040. The number of anilines is 1. The van der Waals surface area contributed by atoms with Gasteiger partial charge in [-0.05, 0) is 59.2 Å². The fourth-order valence-electron chi connectivity index (χ4n) is 6.26. The second-order valence-corrected chi connectivity index (χ2v) is 10.8. The standard InChI is InChI=1S/C39H29N3/c1-4-12-29(13-5-1)36-27-41(32-14-6-2-7-15-32)39(40-36)30-22-20-28(21-23-30)31-24-25-38-35(26-31)34-18-10-11-19-37(34)42(38)33-16-8-3-9-17-33/h1-26,36H,27H2. The number of aromatic nitrogens is 1. The van der Waals surface area contributed by atoms with Crippen LogP contribution in [0, 0.1) is 0 Å². The zero-order valence-electron chi connectivity index (χ0n) is 23.1. The minimum atomic E-state index is 0.102. The lowest BCUT2D eigenvalue weighted by Gasteiger charge is -2.21. The van der Waals surface area contributed by atoms with E-state index in [-0.39, 0.29) is 6.04 Å². The Morgan fingerprint density at radius 1 is 0.476 bits per heavy atom. The van der Waals surface area contributed by atoms with Crippen molar-refractivity contribution in [2.45, 2.75) is 6.04 Å². The number of aliphatic imine (C=N–C) groups is 1. The van der Waals surface area contributed by atoms with Crippen LogP contribution >= 0.6 is 0 Å². The zero-order chi connectivity index (χ0) is 27.9. The van der Waals surface area contributed by atoms with Crippen LogP contribution in [0.15, 0.2) is 163 Å². The second kappa shape index (κ2) is 10.2. The summed E-state index contributed by atoms with van der Waals surface area (Å²) in [5, 5.41) is 2.53. The molecule has 0 saturated heterocycles. The van der Waals surface area contributed by atoms with Crippen LogP contribution in [0.3, 0.4) is 0 Å². The molecule has 0 fully saturated rings. The first-order chi connectivity index (χ1) is 20.8. The molecule has 0 radical (unpaired) electrons. The summed E-state index contributed by atoms with van der Waals surface area (Å²) in [7, 11) is 0. The highest BCUT2D eigenvalue weighted by Gasteiger charge is 2.28. The molecule has 7 aromatic rings. The van der Waals surface area contributed by atoms with Gasteiger partial charge >= 0.3 is 0 Å². The van der Waals surface area contributed by atoms with E-state index in [4.69, 9.17) is 4.99 Å². The Balaban J connectivity index is 1.18. The molecule has 1 aromatic heterocycles. The molecule has 1 atom stereocenters. The fraction of sp³-hybridized carbons (Fsp3) is 0.0513. The fourth-order valence-corrected chi connectivity index (χ4v) is 6.26. The molecule has 42 heavy (non-hydrogen) atoms. The molecule has 8 rings (SSSR count). The van der Waals surface area contributed by atoms with Crippen molar-refractivity contribution in [3.05, 3.63) is 169 Å². The smallest absolute Gasteiger partial charge is 0.136 e. The van der Waals surface area contributed by atoms with E-state index in [9.17, 15) is 0 Å². The van der Waals surface area contributed by atoms with Crippen LogP contribution in [0.4, 0.5) is 5.69 Å². The zero-order valence-corrected chi connectivity index (χ0v) is 23.1. The largest absolute Gasteiger partial charge is 0.324 e. The topological polar surface area (TPSA) is 20.5 Å². The minimum absolute atomic E-state index is 0.102. The van der Waals surface area contributed by atoms with Crippen LogP contribution in [-0.4, -0.2) is 16.9 Å². The summed E-state index contributed by atoms with van der Waals surface area (Å²) in [4.78, 5) is 7.58. The Labute approximate surface area is 245 Å². The number of fused-ring (bicyclic) bond motifs is 3. The molecule has 3 nitrogen and oxygen atoms in total. The summed E-state index contributed by atoms with van der Waals surface area (Å²) >= 11 is 0. The van der Waals surface area contributed by atoms with Crippen molar-refractivity contribution in [3.8, 4) is 16.8 Å². The molecule has 0 saturated carbocycles. The van der Waals surface area contributed by atoms with Gasteiger partial charge in [0.25, 0.3) is 0 Å². The highest BCUT2D eigenvalue weighted by molar-refractivity contribution is 6.12. The molecule has 1 unspecified atom stereocenters. The molecular weight excluding hydrogens is 510 g/mol. The predicted octanol–water partition coefficient (Wildman–Crippen LogP) is 9.46. The third-order valence-electron chi connectivity index (χ3n) is 8.30. The number of hydrogen-bond donors (Lipinski definition) is 0. The van der Waals surface area contributed by atoms with Gasteiger partial charge in [0, 0.05) is 27.7 Å². The molecule has 6 aromatic carbocycles. The van der Waals surface area contributed by atoms with Crippen molar-refractivity contribution in [2.75, 3.05) is 11.4 Å². The van der Waals surface area contributed by atoms with Crippen LogP contribution in [0.5, 0.6) is 0 Å². The van der Waals surface area contributed by atoms with Gasteiger partial charge in [-0.3, -0.25) is 4.99 Å². The van der Waals surface area contributed by atoms with Crippen LogP contribution in [0.25, 0.3) is 38.6 Å². The SMILES string of the molecule is c1ccc(C2CN(c3ccccc3)C(c3ccc(-c4ccc5c(c4)c4ccccc4n5-c4ccccc4)cc3)=N2)cc1. The van der Waals surface area contributed by atoms with Gasteiger partial charge in [0.2, 0.25) is 0 Å². The quantitative estimate of drug-likeness (QED) is 0.213. The Hall–Kier alpha value is -5.41. The number of para-hydroxylation sites is 3. The Morgan fingerprint density at radius 2 is 1.05 bits per heavy atom. The average Bonchev–Trinajstić information content (AvgIpc) is 3.66. The highest BCUT2D eigenvalue weighted by Crippen LogP contribution is 2.36. The van der Waals surface area contributed by atoms with E-state index in [1.165, 1.54) is 49.9 Å². The maximum absolute atomic E-state index is 5.24. The number of benzene rings is 6. The van der Waals surface area contributed by atoms with Crippen LogP contribution in [-0.2, 0) is 0 Å². The van der Waals surface area contributed by atoms with Gasteiger partial charge in [0.15, 0.2) is 0 Å². The van der Waals surface area contributed by atoms with Gasteiger partial charge in [0.05, 0.1) is 23.6 Å². The summed E-state index contributed by atoms with van der Waals surface area (Å²) < 4.78 is 2.36. The highest BCUT2D eigenvalue weighted by atomic mass is 15.3. The Morgan fingerprint density at radius 3 is 1.79 bits per heavy atom. The first-order valence-corrected chi connectivity index (χ1v) is 14.5. The number of hydrogen-bond acceptors (Lipinski definition) is 2. The van der Waals surface area contributed by atoms with E-state index in [2.05, 4.69) is 167 Å². The van der Waals surface area contributed by atoms with Crippen LogP contribution in [0.2, 0.25) is 0 Å². The summed E-state index contributed by atoms with van der Waals surface area (Å²) in [5.74, 6) is 1.02. The lowest BCUT2D eigenvalue weighted by Crippen LogP contribution is -2.28. The third-order valence-corrected chi connectivity index (χ3v) is 8.30. The average molecular weight is 540 g/mol. The second-order valence-electron chi connectivity index (χ2n) is 10.8. The van der Waals surface area contributed by atoms with Crippen molar-refractivity contribution >= 4 is 33.3 Å². The normalized spacial score (nSPS) is 14.9. The van der Waals surface area contributed by atoms with Crippen molar-refractivity contribution in [1.82, 2.24) is 4.57 Å². The van der Waals surface area contributed by atoms with E-state index < -0.39 is 0 Å². The minimum Gasteiger partial charge on any atom is -0.324 e. The van der Waals surface area contributed by atoms with Gasteiger partial charge in [-0.15, -0.1) is 0 Å². The van der Waals surface area contributed by atoms with Gasteiger partial charge in [-0.2, -0.15) is 0 Å². The summed E-state index contributed by atoms with van der Waals surface area (Å²) in [6.45, 7) is 0.827. The van der Waals surface area contributed by atoms with E-state index in [0.29, 0.717) is 0 Å². The molecular formula is C39H29N3. The Kier molecular flexibility index (Phi) is 5.93. The molecule has 0 amide bonds. The van der Waals surface area contributed by atoms with Gasteiger partial charge in [0.1, 0.15) is 5.84 Å². The van der Waals surface area contributed by atoms with Crippen molar-refractivity contribution in [1.29, 1.82) is 0 Å². The van der Waals surface area contributed by atoms with Crippen molar-refractivity contribution in [2.24, 2.45) is 4.99 Å². The van der Waals surface area contributed by atoms with E-state index in [1.807, 2.05) is 0 Å². The van der Waals surface area contributed by atoms with Crippen molar-refractivity contribution < 1.29 is 0 Å². The third kappa shape index (κ3) is 4.18. The van der Waals surface area contributed by atoms with Gasteiger partial charge in [-0.1, -0.05) is 115 Å². The maximum Gasteiger partial charge on any atom is 0.136 e. The summed E-state index contributed by atoms with van der Waals surface area (Å²) in [6, 6.07) is 56.3. The molecule has 1 aliphatic heterocycles. The maximum atomic E-state index is 5.24. The summed E-state index contributed by atoms with van der Waals surface area (Å²) in [5.41, 5.74) is 9.56.